The van der Waals surface area contributed by atoms with Gasteiger partial charge in [0.05, 0.1) is 27.7 Å². The summed E-state index contributed by atoms with van der Waals surface area (Å²) in [5.41, 5.74) is 2.38. The molecule has 5 nitrogen and oxygen atoms in total. The molecule has 1 aromatic heterocycles. The summed E-state index contributed by atoms with van der Waals surface area (Å²) in [5.74, 6) is -1.14. The highest BCUT2D eigenvalue weighted by Gasteiger charge is 2.28. The second-order valence-corrected chi connectivity index (χ2v) is 10.2. The van der Waals surface area contributed by atoms with Crippen LogP contribution in [0.25, 0.3) is 0 Å². The van der Waals surface area contributed by atoms with Crippen molar-refractivity contribution in [3.63, 3.8) is 0 Å². The molecule has 9 heteroatoms. The monoisotopic (exact) mass is 431 g/mol. The van der Waals surface area contributed by atoms with Crippen LogP contribution >= 0.6 is 22.9 Å². The molecule has 3 rings (SSSR count). The van der Waals surface area contributed by atoms with Crippen molar-refractivity contribution < 1.29 is 12.8 Å². The summed E-state index contributed by atoms with van der Waals surface area (Å²) in [7, 11) is 0.196. The average Bonchev–Trinajstić information content (AvgIpc) is 3.10. The van der Waals surface area contributed by atoms with E-state index in [9.17, 15) is 12.8 Å². The molecular weight excluding hydrogens is 409 g/mol. The lowest BCUT2D eigenvalue weighted by Gasteiger charge is -2.37. The normalized spacial score (nSPS) is 20.8. The molecule has 0 radical (unpaired) electrons. The second-order valence-electron chi connectivity index (χ2n) is 7.07. The molecule has 1 aliphatic carbocycles. The first kappa shape index (κ1) is 20.5. The summed E-state index contributed by atoms with van der Waals surface area (Å²) in [6, 6.07) is 2.86. The minimum absolute atomic E-state index is 0.142. The van der Waals surface area contributed by atoms with Crippen LogP contribution in [0.3, 0.4) is 0 Å². The van der Waals surface area contributed by atoms with E-state index >= 15 is 0 Å². The van der Waals surface area contributed by atoms with Crippen molar-refractivity contribution in [2.24, 2.45) is 0 Å². The van der Waals surface area contributed by atoms with Gasteiger partial charge in [0.25, 0.3) is 0 Å². The number of sulfone groups is 1. The lowest BCUT2D eigenvalue weighted by atomic mass is 9.89. The van der Waals surface area contributed by atoms with Gasteiger partial charge in [0.1, 0.15) is 10.7 Å². The van der Waals surface area contributed by atoms with Crippen LogP contribution in [0.5, 0.6) is 0 Å². The number of rotatable bonds is 6. The van der Waals surface area contributed by atoms with Gasteiger partial charge in [0.15, 0.2) is 9.84 Å². The third-order valence-electron chi connectivity index (χ3n) is 4.91. The Morgan fingerprint density at radius 2 is 2.07 bits per heavy atom. The maximum atomic E-state index is 14.7. The van der Waals surface area contributed by atoms with E-state index in [1.165, 1.54) is 23.5 Å². The first-order valence-electron chi connectivity index (χ1n) is 8.80. The Bertz CT molecular complexity index is 888. The van der Waals surface area contributed by atoms with Gasteiger partial charge >= 0.3 is 0 Å². The molecule has 27 heavy (non-hydrogen) atoms. The highest BCUT2D eigenvalue weighted by Crippen LogP contribution is 2.32. The van der Waals surface area contributed by atoms with Gasteiger partial charge in [-0.2, -0.15) is 0 Å². The van der Waals surface area contributed by atoms with Crippen molar-refractivity contribution in [3.8, 4) is 0 Å². The molecule has 1 aliphatic rings. The minimum Gasteiger partial charge on any atom is -0.379 e. The lowest BCUT2D eigenvalue weighted by molar-refractivity contribution is 0.211. The van der Waals surface area contributed by atoms with Crippen molar-refractivity contribution in [2.75, 3.05) is 19.4 Å². The molecular formula is C18H23ClFN3O2S2. The molecule has 2 aromatic rings. The molecule has 148 valence electrons. The van der Waals surface area contributed by atoms with Crippen molar-refractivity contribution in [2.45, 2.75) is 48.4 Å². The zero-order valence-electron chi connectivity index (χ0n) is 15.3. The fraction of sp³-hybridized carbons (Fsp3) is 0.500. The van der Waals surface area contributed by atoms with E-state index in [0.29, 0.717) is 17.4 Å². The topological polar surface area (TPSA) is 62.3 Å². The molecule has 2 atom stereocenters. The number of halogens is 2. The standard InChI is InChI=1S/C18H23ClFN3O2S2/c1-23(2)17-6-4-3-5-15(17)22-16-8-14(20)18(7-13(16)19)27(24,25)10-12-9-26-11-21-12/h7-9,11,15,17,22H,3-6,10H2,1-2H3/t15-,17-/m0/s1. The fourth-order valence-electron chi connectivity index (χ4n) is 3.56. The summed E-state index contributed by atoms with van der Waals surface area (Å²) < 4.78 is 39.8. The SMILES string of the molecule is CN(C)[C@H]1CCCC[C@@H]1Nc1cc(F)c(S(=O)(=O)Cc2cscn2)cc1Cl. The van der Waals surface area contributed by atoms with E-state index in [0.717, 1.165) is 25.7 Å². The van der Waals surface area contributed by atoms with Crippen LogP contribution in [0.1, 0.15) is 31.4 Å². The van der Waals surface area contributed by atoms with Gasteiger partial charge in [0.2, 0.25) is 0 Å². The summed E-state index contributed by atoms with van der Waals surface area (Å²) in [4.78, 5) is 5.74. The molecule has 0 saturated heterocycles. The Labute approximate surface area is 168 Å². The van der Waals surface area contributed by atoms with Crippen LogP contribution in [0.15, 0.2) is 27.9 Å². The molecule has 0 amide bonds. The van der Waals surface area contributed by atoms with Crippen LogP contribution in [0.2, 0.25) is 5.02 Å². The van der Waals surface area contributed by atoms with E-state index in [1.54, 1.807) is 10.9 Å². The zero-order chi connectivity index (χ0) is 19.6. The summed E-state index contributed by atoms with van der Waals surface area (Å²) in [5, 5.41) is 5.17. The highest BCUT2D eigenvalue weighted by molar-refractivity contribution is 7.90. The second kappa shape index (κ2) is 8.43. The van der Waals surface area contributed by atoms with Gasteiger partial charge in [-0.3, -0.25) is 0 Å². The van der Waals surface area contributed by atoms with Crippen molar-refractivity contribution in [1.82, 2.24) is 9.88 Å². The molecule has 0 spiro atoms. The maximum absolute atomic E-state index is 14.7. The number of nitrogens with zero attached hydrogens (tertiary/aromatic N) is 2. The van der Waals surface area contributed by atoms with E-state index in [1.807, 2.05) is 14.1 Å². The van der Waals surface area contributed by atoms with E-state index in [-0.39, 0.29) is 21.7 Å². The average molecular weight is 432 g/mol. The van der Waals surface area contributed by atoms with Crippen LogP contribution < -0.4 is 5.32 Å². The van der Waals surface area contributed by atoms with Gasteiger partial charge in [-0.05, 0) is 39.1 Å². The lowest BCUT2D eigenvalue weighted by Crippen LogP contribution is -2.45. The minimum atomic E-state index is -3.86. The van der Waals surface area contributed by atoms with Gasteiger partial charge in [-0.25, -0.2) is 17.8 Å². The van der Waals surface area contributed by atoms with Crippen molar-refractivity contribution >= 4 is 38.5 Å². The third kappa shape index (κ3) is 4.80. The van der Waals surface area contributed by atoms with Crippen LogP contribution in [0, 0.1) is 5.82 Å². The van der Waals surface area contributed by atoms with E-state index < -0.39 is 15.7 Å². The van der Waals surface area contributed by atoms with E-state index in [4.69, 9.17) is 11.6 Å². The largest absolute Gasteiger partial charge is 0.379 e. The molecule has 0 aliphatic heterocycles. The number of thiazole rings is 1. The molecule has 1 heterocycles. The van der Waals surface area contributed by atoms with Gasteiger partial charge in [-0.15, -0.1) is 11.3 Å². The van der Waals surface area contributed by atoms with Gasteiger partial charge in [-0.1, -0.05) is 24.4 Å². The molecule has 1 N–H and O–H groups in total. The van der Waals surface area contributed by atoms with Gasteiger partial charge < -0.3 is 10.2 Å². The molecule has 0 unspecified atom stereocenters. The summed E-state index contributed by atoms with van der Waals surface area (Å²) in [6.45, 7) is 0. The Kier molecular flexibility index (Phi) is 6.40. The maximum Gasteiger partial charge on any atom is 0.187 e. The predicted molar refractivity (Wildman–Crippen MR) is 108 cm³/mol. The fourth-order valence-corrected chi connectivity index (χ4v) is 5.86. The van der Waals surface area contributed by atoms with Crippen molar-refractivity contribution in [3.05, 3.63) is 39.6 Å². The summed E-state index contributed by atoms with van der Waals surface area (Å²) in [6.07, 6.45) is 4.29. The number of anilines is 1. The predicted octanol–water partition coefficient (Wildman–Crippen LogP) is 4.19. The van der Waals surface area contributed by atoms with Crippen LogP contribution in [-0.2, 0) is 15.6 Å². The number of aromatic nitrogens is 1. The number of nitrogens with one attached hydrogen (secondary N) is 1. The first-order chi connectivity index (χ1) is 12.8. The molecule has 0 bridgehead atoms. The van der Waals surface area contributed by atoms with E-state index in [2.05, 4.69) is 15.2 Å². The Hall–Kier alpha value is -1.22. The quantitative estimate of drug-likeness (QED) is 0.742. The molecule has 1 saturated carbocycles. The smallest absolute Gasteiger partial charge is 0.187 e. The van der Waals surface area contributed by atoms with Gasteiger partial charge in [0, 0.05) is 17.5 Å². The number of likely N-dealkylation sites (N-methyl/N-ethyl adjacent to an activating group) is 1. The molecule has 1 aromatic carbocycles. The molecule has 1 fully saturated rings. The summed E-state index contributed by atoms with van der Waals surface area (Å²) >= 11 is 7.61. The third-order valence-corrected chi connectivity index (χ3v) is 7.52. The number of hydrogen-bond acceptors (Lipinski definition) is 6. The van der Waals surface area contributed by atoms with Crippen LogP contribution in [0.4, 0.5) is 10.1 Å². The Balaban J connectivity index is 1.84. The first-order valence-corrected chi connectivity index (χ1v) is 11.8. The Morgan fingerprint density at radius 3 is 2.74 bits per heavy atom. The zero-order valence-corrected chi connectivity index (χ0v) is 17.7. The number of benzene rings is 1. The highest BCUT2D eigenvalue weighted by atomic mass is 35.5. The number of hydrogen-bond donors (Lipinski definition) is 1. The Morgan fingerprint density at radius 1 is 1.33 bits per heavy atom. The van der Waals surface area contributed by atoms with Crippen LogP contribution in [-0.4, -0.2) is 44.5 Å². The van der Waals surface area contributed by atoms with Crippen molar-refractivity contribution in [1.29, 1.82) is 0 Å².